The Balaban J connectivity index is 2.80. The molecule has 1 atom stereocenters. The van der Waals surface area contributed by atoms with E-state index in [-0.39, 0.29) is 12.8 Å². The predicted molar refractivity (Wildman–Crippen MR) is 47.3 cm³/mol. The molecule has 1 unspecified atom stereocenters. The molecular weight excluding hydrogens is 204 g/mol. The van der Waals surface area contributed by atoms with Crippen LogP contribution >= 0.6 is 0 Å². The summed E-state index contributed by atoms with van der Waals surface area (Å²) in [5.41, 5.74) is 0. The molecule has 86 valence electrons. The Morgan fingerprint density at radius 1 is 1.20 bits per heavy atom. The van der Waals surface area contributed by atoms with Crippen molar-refractivity contribution in [3.05, 3.63) is 0 Å². The monoisotopic (exact) mass is 218 g/mol. The smallest absolute Gasteiger partial charge is 0.396 e. The third-order valence-corrected chi connectivity index (χ3v) is 2.06. The number of carbonyl (C=O) groups is 2. The Labute approximate surface area is 86.8 Å². The molecule has 6 nitrogen and oxygen atoms in total. The summed E-state index contributed by atoms with van der Waals surface area (Å²) in [7, 11) is 0. The summed E-state index contributed by atoms with van der Waals surface area (Å²) in [5, 5.41) is 18.8. The van der Waals surface area contributed by atoms with Gasteiger partial charge in [0.1, 0.15) is 0 Å². The molecular formula is C9H14O6. The highest BCUT2D eigenvalue weighted by molar-refractivity contribution is 5.72. The topological polar surface area (TPSA) is 93.1 Å². The van der Waals surface area contributed by atoms with Crippen molar-refractivity contribution in [3.8, 4) is 0 Å². The molecule has 0 radical (unpaired) electrons. The summed E-state index contributed by atoms with van der Waals surface area (Å²) in [6.45, 7) is 1.17. The Morgan fingerprint density at radius 2 is 1.60 bits per heavy atom. The minimum atomic E-state index is -2.56. The Kier molecular flexibility index (Phi) is 3.65. The highest BCUT2D eigenvalue weighted by atomic mass is 16.8. The molecule has 0 saturated carbocycles. The quantitative estimate of drug-likeness (QED) is 0.585. The Bertz CT molecular complexity index is 239. The van der Waals surface area contributed by atoms with E-state index in [1.165, 1.54) is 6.92 Å². The zero-order valence-corrected chi connectivity index (χ0v) is 8.43. The van der Waals surface area contributed by atoms with Gasteiger partial charge in [0.05, 0.1) is 0 Å². The second-order valence-electron chi connectivity index (χ2n) is 3.46. The fraction of sp³-hybridized carbons (Fsp3) is 0.778. The van der Waals surface area contributed by atoms with Crippen LogP contribution in [-0.4, -0.2) is 34.2 Å². The first-order chi connectivity index (χ1) is 6.94. The van der Waals surface area contributed by atoms with Gasteiger partial charge < -0.3 is 19.7 Å². The van der Waals surface area contributed by atoms with Crippen LogP contribution in [0.25, 0.3) is 0 Å². The fourth-order valence-corrected chi connectivity index (χ4v) is 1.16. The molecule has 1 aliphatic heterocycles. The molecule has 0 aromatic rings. The molecule has 1 fully saturated rings. The Morgan fingerprint density at radius 3 is 1.93 bits per heavy atom. The highest BCUT2D eigenvalue weighted by Crippen LogP contribution is 2.20. The van der Waals surface area contributed by atoms with Gasteiger partial charge in [-0.15, -0.1) is 0 Å². The summed E-state index contributed by atoms with van der Waals surface area (Å²) in [4.78, 5) is 22.3. The molecule has 2 N–H and O–H groups in total. The molecule has 0 aliphatic carbocycles. The SMILES string of the molecule is CC(O)C1(O)OC(=O)CCCCC(=O)O1. The molecule has 0 amide bonds. The molecule has 0 bridgehead atoms. The lowest BCUT2D eigenvalue weighted by molar-refractivity contribution is -0.357. The summed E-state index contributed by atoms with van der Waals surface area (Å²) in [6.07, 6.45) is -0.339. The molecule has 1 heterocycles. The van der Waals surface area contributed by atoms with Crippen LogP contribution < -0.4 is 0 Å². The molecule has 0 aromatic heterocycles. The van der Waals surface area contributed by atoms with Gasteiger partial charge in [-0.2, -0.15) is 0 Å². The lowest BCUT2D eigenvalue weighted by Gasteiger charge is -2.28. The molecule has 1 aliphatic rings. The first kappa shape index (κ1) is 11.9. The lowest BCUT2D eigenvalue weighted by atomic mass is 10.2. The van der Waals surface area contributed by atoms with E-state index in [4.69, 9.17) is 0 Å². The lowest BCUT2D eigenvalue weighted by Crippen LogP contribution is -2.48. The van der Waals surface area contributed by atoms with E-state index in [9.17, 15) is 19.8 Å². The van der Waals surface area contributed by atoms with Gasteiger partial charge >= 0.3 is 17.9 Å². The van der Waals surface area contributed by atoms with Crippen LogP contribution in [0.5, 0.6) is 0 Å². The van der Waals surface area contributed by atoms with E-state index in [1.807, 2.05) is 0 Å². The van der Waals surface area contributed by atoms with Gasteiger partial charge in [0.2, 0.25) is 0 Å². The number of aliphatic hydroxyl groups excluding tert-OH is 1. The van der Waals surface area contributed by atoms with Crippen LogP contribution in [0, 0.1) is 0 Å². The van der Waals surface area contributed by atoms with Crippen molar-refractivity contribution in [3.63, 3.8) is 0 Å². The largest absolute Gasteiger partial charge is 0.400 e. The maximum Gasteiger partial charge on any atom is 0.400 e. The third-order valence-electron chi connectivity index (χ3n) is 2.06. The maximum absolute atomic E-state index is 11.1. The van der Waals surface area contributed by atoms with Crippen LogP contribution in [0.3, 0.4) is 0 Å². The molecule has 1 saturated heterocycles. The highest BCUT2D eigenvalue weighted by Gasteiger charge is 2.42. The van der Waals surface area contributed by atoms with E-state index >= 15 is 0 Å². The van der Waals surface area contributed by atoms with Crippen molar-refractivity contribution in [1.29, 1.82) is 0 Å². The molecule has 1 rings (SSSR count). The number of ether oxygens (including phenoxy) is 2. The molecule has 0 aromatic carbocycles. The molecule has 0 spiro atoms. The number of aliphatic hydroxyl groups is 2. The predicted octanol–water partition coefficient (Wildman–Crippen LogP) is -0.326. The fourth-order valence-electron chi connectivity index (χ4n) is 1.16. The number of hydrogen-bond acceptors (Lipinski definition) is 6. The van der Waals surface area contributed by atoms with E-state index in [1.54, 1.807) is 0 Å². The van der Waals surface area contributed by atoms with Crippen molar-refractivity contribution in [2.24, 2.45) is 0 Å². The summed E-state index contributed by atoms with van der Waals surface area (Å²) in [6, 6.07) is 0. The second-order valence-corrected chi connectivity index (χ2v) is 3.46. The van der Waals surface area contributed by atoms with Crippen molar-refractivity contribution < 1.29 is 29.3 Å². The summed E-state index contributed by atoms with van der Waals surface area (Å²) in [5.74, 6) is -3.96. The summed E-state index contributed by atoms with van der Waals surface area (Å²) < 4.78 is 9.03. The number of carbonyl (C=O) groups excluding carboxylic acids is 2. The van der Waals surface area contributed by atoms with Crippen molar-refractivity contribution in [1.82, 2.24) is 0 Å². The van der Waals surface area contributed by atoms with Gasteiger partial charge in [0, 0.05) is 12.8 Å². The van der Waals surface area contributed by atoms with Gasteiger partial charge in [-0.25, -0.2) is 0 Å². The maximum atomic E-state index is 11.1. The van der Waals surface area contributed by atoms with Gasteiger partial charge in [0.25, 0.3) is 0 Å². The van der Waals surface area contributed by atoms with E-state index < -0.39 is 24.0 Å². The van der Waals surface area contributed by atoms with Crippen molar-refractivity contribution in [2.75, 3.05) is 0 Å². The van der Waals surface area contributed by atoms with Crippen molar-refractivity contribution >= 4 is 11.9 Å². The standard InChI is InChI=1S/C9H14O6/c1-6(10)9(13)14-7(11)4-2-3-5-8(12)15-9/h6,10,13H,2-5H2,1H3. The van der Waals surface area contributed by atoms with Crippen molar-refractivity contribution in [2.45, 2.75) is 44.7 Å². The minimum absolute atomic E-state index is 0.0890. The van der Waals surface area contributed by atoms with Crippen LogP contribution in [0.15, 0.2) is 0 Å². The zero-order chi connectivity index (χ0) is 11.5. The van der Waals surface area contributed by atoms with Crippen LogP contribution in [-0.2, 0) is 19.1 Å². The van der Waals surface area contributed by atoms with Gasteiger partial charge in [-0.05, 0) is 19.8 Å². The zero-order valence-electron chi connectivity index (χ0n) is 8.43. The minimum Gasteiger partial charge on any atom is -0.396 e. The van der Waals surface area contributed by atoms with Crippen LogP contribution in [0.1, 0.15) is 32.6 Å². The van der Waals surface area contributed by atoms with Gasteiger partial charge in [-0.3, -0.25) is 9.59 Å². The second kappa shape index (κ2) is 4.59. The molecule has 6 heteroatoms. The summed E-state index contributed by atoms with van der Waals surface area (Å²) >= 11 is 0. The average Bonchev–Trinajstić information content (AvgIpc) is 2.16. The van der Waals surface area contributed by atoms with E-state index in [2.05, 4.69) is 9.47 Å². The normalized spacial score (nSPS) is 24.2. The first-order valence-electron chi connectivity index (χ1n) is 4.78. The first-order valence-corrected chi connectivity index (χ1v) is 4.78. The van der Waals surface area contributed by atoms with E-state index in [0.717, 1.165) is 0 Å². The number of hydrogen-bond donors (Lipinski definition) is 2. The average molecular weight is 218 g/mol. The number of esters is 2. The van der Waals surface area contributed by atoms with Gasteiger partial charge in [-0.1, -0.05) is 0 Å². The number of cyclic esters (lactones) is 2. The third kappa shape index (κ3) is 3.17. The molecule has 15 heavy (non-hydrogen) atoms. The van der Waals surface area contributed by atoms with Crippen LogP contribution in [0.2, 0.25) is 0 Å². The Hall–Kier alpha value is -1.14. The number of rotatable bonds is 1. The van der Waals surface area contributed by atoms with Gasteiger partial charge in [0.15, 0.2) is 6.10 Å². The van der Waals surface area contributed by atoms with E-state index in [0.29, 0.717) is 12.8 Å². The van der Waals surface area contributed by atoms with Crippen LogP contribution in [0.4, 0.5) is 0 Å².